The van der Waals surface area contributed by atoms with E-state index in [9.17, 15) is 15.2 Å². The van der Waals surface area contributed by atoms with Crippen LogP contribution in [0.2, 0.25) is 0 Å². The standard InChI is InChI=1S/C18H22N2O4/c1-19(12-11-14-3-7-16(8-4-14)20(22)23)18(13-21)15-5-9-17(24-2)10-6-15/h3-10,18,21H,11-13H2,1-2H3/t18-/m1/s1. The van der Waals surface area contributed by atoms with Crippen molar-refractivity contribution < 1.29 is 14.8 Å². The van der Waals surface area contributed by atoms with Crippen LogP contribution in [0.3, 0.4) is 0 Å². The first-order valence-electron chi connectivity index (χ1n) is 7.73. The Morgan fingerprint density at radius 1 is 1.17 bits per heavy atom. The molecule has 0 heterocycles. The molecule has 0 aliphatic heterocycles. The van der Waals surface area contributed by atoms with Crippen LogP contribution in [0, 0.1) is 10.1 Å². The molecule has 128 valence electrons. The maximum absolute atomic E-state index is 10.7. The van der Waals surface area contributed by atoms with E-state index in [1.807, 2.05) is 31.3 Å². The monoisotopic (exact) mass is 330 g/mol. The highest BCUT2D eigenvalue weighted by atomic mass is 16.6. The van der Waals surface area contributed by atoms with Crippen molar-refractivity contribution in [2.75, 3.05) is 27.3 Å². The van der Waals surface area contributed by atoms with Gasteiger partial charge in [0.15, 0.2) is 0 Å². The number of hydrogen-bond donors (Lipinski definition) is 1. The SMILES string of the molecule is COc1ccc([C@@H](CO)N(C)CCc2ccc([N+](=O)[O-])cc2)cc1. The highest BCUT2D eigenvalue weighted by Gasteiger charge is 2.16. The predicted molar refractivity (Wildman–Crippen MR) is 92.3 cm³/mol. The number of aliphatic hydroxyl groups is 1. The second-order valence-electron chi connectivity index (χ2n) is 5.63. The first-order valence-corrected chi connectivity index (χ1v) is 7.73. The fourth-order valence-electron chi connectivity index (χ4n) is 2.57. The van der Waals surface area contributed by atoms with Crippen LogP contribution in [0.5, 0.6) is 5.75 Å². The molecule has 0 aliphatic rings. The van der Waals surface area contributed by atoms with Crippen LogP contribution >= 0.6 is 0 Å². The fourth-order valence-corrected chi connectivity index (χ4v) is 2.57. The first-order chi connectivity index (χ1) is 11.5. The van der Waals surface area contributed by atoms with Crippen molar-refractivity contribution in [3.8, 4) is 5.75 Å². The Balaban J connectivity index is 1.98. The zero-order valence-corrected chi connectivity index (χ0v) is 13.9. The molecule has 0 fully saturated rings. The van der Waals surface area contributed by atoms with Gasteiger partial charge in [0, 0.05) is 18.7 Å². The molecule has 0 bridgehead atoms. The second-order valence-corrected chi connectivity index (χ2v) is 5.63. The molecule has 1 N–H and O–H groups in total. The number of nitrogens with zero attached hydrogens (tertiary/aromatic N) is 2. The summed E-state index contributed by atoms with van der Waals surface area (Å²) in [7, 11) is 3.57. The summed E-state index contributed by atoms with van der Waals surface area (Å²) in [4.78, 5) is 12.3. The smallest absolute Gasteiger partial charge is 0.269 e. The van der Waals surface area contributed by atoms with E-state index in [1.165, 1.54) is 12.1 Å². The normalized spacial score (nSPS) is 12.2. The predicted octanol–water partition coefficient (Wildman–Crippen LogP) is 2.81. The maximum Gasteiger partial charge on any atom is 0.269 e. The number of nitro groups is 1. The minimum atomic E-state index is -0.401. The van der Waals surface area contributed by atoms with E-state index in [2.05, 4.69) is 4.90 Å². The average Bonchev–Trinajstić information content (AvgIpc) is 2.61. The van der Waals surface area contributed by atoms with Gasteiger partial charge in [-0.15, -0.1) is 0 Å². The van der Waals surface area contributed by atoms with E-state index in [4.69, 9.17) is 4.74 Å². The largest absolute Gasteiger partial charge is 0.497 e. The molecule has 0 aliphatic carbocycles. The van der Waals surface area contributed by atoms with E-state index in [1.54, 1.807) is 19.2 Å². The van der Waals surface area contributed by atoms with Crippen molar-refractivity contribution >= 4 is 5.69 Å². The molecule has 0 aromatic heterocycles. The molecule has 6 nitrogen and oxygen atoms in total. The van der Waals surface area contributed by atoms with Gasteiger partial charge in [-0.05, 0) is 36.7 Å². The minimum Gasteiger partial charge on any atom is -0.497 e. The number of hydrogen-bond acceptors (Lipinski definition) is 5. The number of likely N-dealkylation sites (N-methyl/N-ethyl adjacent to an activating group) is 1. The Morgan fingerprint density at radius 3 is 2.29 bits per heavy atom. The van der Waals surface area contributed by atoms with Crippen molar-refractivity contribution in [3.63, 3.8) is 0 Å². The molecule has 0 radical (unpaired) electrons. The van der Waals surface area contributed by atoms with E-state index >= 15 is 0 Å². The summed E-state index contributed by atoms with van der Waals surface area (Å²) < 4.78 is 5.15. The van der Waals surface area contributed by atoms with Crippen LogP contribution in [0.1, 0.15) is 17.2 Å². The average molecular weight is 330 g/mol. The lowest BCUT2D eigenvalue weighted by Crippen LogP contribution is -2.29. The quantitative estimate of drug-likeness (QED) is 0.595. The summed E-state index contributed by atoms with van der Waals surface area (Å²) >= 11 is 0. The van der Waals surface area contributed by atoms with E-state index in [-0.39, 0.29) is 18.3 Å². The lowest BCUT2D eigenvalue weighted by atomic mass is 10.1. The fraction of sp³-hybridized carbons (Fsp3) is 0.333. The number of ether oxygens (including phenoxy) is 1. The Kier molecular flexibility index (Phi) is 6.28. The molecule has 0 saturated carbocycles. The Labute approximate surface area is 141 Å². The molecule has 0 amide bonds. The van der Waals surface area contributed by atoms with E-state index < -0.39 is 4.92 Å². The zero-order valence-electron chi connectivity index (χ0n) is 13.9. The third kappa shape index (κ3) is 4.53. The van der Waals surface area contributed by atoms with E-state index in [0.717, 1.165) is 29.8 Å². The maximum atomic E-state index is 10.7. The van der Waals surface area contributed by atoms with Crippen molar-refractivity contribution in [1.82, 2.24) is 4.90 Å². The summed E-state index contributed by atoms with van der Waals surface area (Å²) in [6.07, 6.45) is 0.751. The molecule has 2 aromatic rings. The molecule has 2 aromatic carbocycles. The summed E-state index contributed by atoms with van der Waals surface area (Å²) in [5.74, 6) is 0.781. The van der Waals surface area contributed by atoms with Gasteiger partial charge in [0.2, 0.25) is 0 Å². The number of non-ortho nitro benzene ring substituents is 1. The van der Waals surface area contributed by atoms with Gasteiger partial charge in [0.25, 0.3) is 5.69 Å². The molecular weight excluding hydrogens is 308 g/mol. The third-order valence-corrected chi connectivity index (χ3v) is 4.11. The minimum absolute atomic E-state index is 0.0170. The molecule has 0 unspecified atom stereocenters. The summed E-state index contributed by atoms with van der Waals surface area (Å²) in [6, 6.07) is 14.1. The van der Waals surface area contributed by atoms with Crippen LogP contribution in [0.25, 0.3) is 0 Å². The van der Waals surface area contributed by atoms with Gasteiger partial charge in [-0.2, -0.15) is 0 Å². The van der Waals surface area contributed by atoms with Gasteiger partial charge >= 0.3 is 0 Å². The Bertz CT molecular complexity index is 656. The topological polar surface area (TPSA) is 75.8 Å². The number of nitro benzene ring substituents is 1. The molecule has 6 heteroatoms. The lowest BCUT2D eigenvalue weighted by Gasteiger charge is -2.27. The van der Waals surface area contributed by atoms with Gasteiger partial charge in [0.05, 0.1) is 24.7 Å². The second kappa shape index (κ2) is 8.42. The van der Waals surface area contributed by atoms with Crippen LogP contribution in [0.4, 0.5) is 5.69 Å². The summed E-state index contributed by atoms with van der Waals surface area (Å²) in [5, 5.41) is 20.4. The number of aliphatic hydroxyl groups excluding tert-OH is 1. The molecule has 1 atom stereocenters. The van der Waals surface area contributed by atoms with Gasteiger partial charge in [0.1, 0.15) is 5.75 Å². The van der Waals surface area contributed by atoms with Gasteiger partial charge in [-0.1, -0.05) is 24.3 Å². The van der Waals surface area contributed by atoms with Crippen molar-refractivity contribution in [2.45, 2.75) is 12.5 Å². The lowest BCUT2D eigenvalue weighted by molar-refractivity contribution is -0.384. The molecular formula is C18H22N2O4. The number of rotatable bonds is 8. The number of benzene rings is 2. The first kappa shape index (κ1) is 17.9. The highest BCUT2D eigenvalue weighted by molar-refractivity contribution is 5.33. The Hall–Kier alpha value is -2.44. The zero-order chi connectivity index (χ0) is 17.5. The van der Waals surface area contributed by atoms with Crippen LogP contribution in [-0.4, -0.2) is 42.2 Å². The van der Waals surface area contributed by atoms with Crippen molar-refractivity contribution in [1.29, 1.82) is 0 Å². The highest BCUT2D eigenvalue weighted by Crippen LogP contribution is 2.22. The molecule has 0 saturated heterocycles. The van der Waals surface area contributed by atoms with Gasteiger partial charge in [-0.3, -0.25) is 15.0 Å². The van der Waals surface area contributed by atoms with Crippen LogP contribution in [-0.2, 0) is 6.42 Å². The van der Waals surface area contributed by atoms with Gasteiger partial charge < -0.3 is 9.84 Å². The van der Waals surface area contributed by atoms with Crippen LogP contribution in [0.15, 0.2) is 48.5 Å². The Morgan fingerprint density at radius 2 is 1.79 bits per heavy atom. The van der Waals surface area contributed by atoms with Gasteiger partial charge in [-0.25, -0.2) is 0 Å². The van der Waals surface area contributed by atoms with Crippen LogP contribution < -0.4 is 4.74 Å². The summed E-state index contributed by atoms with van der Waals surface area (Å²) in [6.45, 7) is 0.748. The summed E-state index contributed by atoms with van der Waals surface area (Å²) in [5.41, 5.74) is 2.14. The van der Waals surface area contributed by atoms with E-state index in [0.29, 0.717) is 0 Å². The third-order valence-electron chi connectivity index (χ3n) is 4.11. The number of methoxy groups -OCH3 is 1. The molecule has 0 spiro atoms. The van der Waals surface area contributed by atoms with Crippen molar-refractivity contribution in [2.24, 2.45) is 0 Å². The molecule has 2 rings (SSSR count). The van der Waals surface area contributed by atoms with Crippen molar-refractivity contribution in [3.05, 3.63) is 69.8 Å². The molecule has 24 heavy (non-hydrogen) atoms.